The minimum Gasteiger partial charge on any atom is -0.348 e. The second-order valence-corrected chi connectivity index (χ2v) is 8.64. The standard InChI is InChI=1S/C26H29N5O2/c1-4-24(32)29-22-7-5-6-17-8-9-18(16-21(17)22)25-27-15-14-23(30-25)26(33)28-19-10-12-20(13-11-19)31(2)3/h4-9,14-16,19-20H,1,10-13H2,2-3H3,(H,28,33)(H,29,32)/t19-,20-. The molecule has 1 aliphatic carbocycles. The van der Waals surface area contributed by atoms with E-state index < -0.39 is 0 Å². The van der Waals surface area contributed by atoms with Crippen molar-refractivity contribution in [1.29, 1.82) is 0 Å². The Bertz CT molecular complexity index is 1180. The van der Waals surface area contributed by atoms with Crippen LogP contribution in [0.15, 0.2) is 61.3 Å². The number of nitrogens with one attached hydrogen (secondary N) is 2. The number of hydrogen-bond donors (Lipinski definition) is 2. The Balaban J connectivity index is 1.53. The van der Waals surface area contributed by atoms with Crippen molar-refractivity contribution >= 4 is 28.3 Å². The van der Waals surface area contributed by atoms with Crippen LogP contribution < -0.4 is 10.6 Å². The highest BCUT2D eigenvalue weighted by atomic mass is 16.2. The fraction of sp³-hybridized carbons (Fsp3) is 0.308. The van der Waals surface area contributed by atoms with Gasteiger partial charge in [-0.2, -0.15) is 0 Å². The fourth-order valence-corrected chi connectivity index (χ4v) is 4.32. The Morgan fingerprint density at radius 1 is 1.09 bits per heavy atom. The largest absolute Gasteiger partial charge is 0.348 e. The number of benzene rings is 2. The molecule has 0 unspecified atom stereocenters. The summed E-state index contributed by atoms with van der Waals surface area (Å²) in [6.07, 6.45) is 6.94. The summed E-state index contributed by atoms with van der Waals surface area (Å²) in [4.78, 5) is 35.8. The highest BCUT2D eigenvalue weighted by Crippen LogP contribution is 2.28. The average Bonchev–Trinajstić information content (AvgIpc) is 2.84. The second kappa shape index (κ2) is 9.92. The fourth-order valence-electron chi connectivity index (χ4n) is 4.32. The molecule has 1 fully saturated rings. The number of fused-ring (bicyclic) bond motifs is 1. The molecular formula is C26H29N5O2. The summed E-state index contributed by atoms with van der Waals surface area (Å²) in [5.41, 5.74) is 1.80. The number of amides is 2. The Labute approximate surface area is 193 Å². The van der Waals surface area contributed by atoms with Crippen molar-refractivity contribution in [2.75, 3.05) is 19.4 Å². The maximum absolute atomic E-state index is 12.9. The lowest BCUT2D eigenvalue weighted by atomic mass is 9.90. The maximum atomic E-state index is 12.9. The summed E-state index contributed by atoms with van der Waals surface area (Å²) in [6.45, 7) is 3.51. The average molecular weight is 444 g/mol. The zero-order valence-electron chi connectivity index (χ0n) is 19.0. The van der Waals surface area contributed by atoms with Crippen molar-refractivity contribution < 1.29 is 9.59 Å². The van der Waals surface area contributed by atoms with Gasteiger partial charge in [-0.3, -0.25) is 9.59 Å². The zero-order chi connectivity index (χ0) is 23.4. The van der Waals surface area contributed by atoms with Crippen LogP contribution in [0, 0.1) is 0 Å². The monoisotopic (exact) mass is 443 g/mol. The van der Waals surface area contributed by atoms with Gasteiger partial charge < -0.3 is 15.5 Å². The van der Waals surface area contributed by atoms with Gasteiger partial charge in [-0.1, -0.05) is 30.8 Å². The number of hydrogen-bond acceptors (Lipinski definition) is 5. The molecule has 1 heterocycles. The lowest BCUT2D eigenvalue weighted by molar-refractivity contribution is -0.111. The van der Waals surface area contributed by atoms with Gasteiger partial charge in [0, 0.05) is 34.9 Å². The Morgan fingerprint density at radius 3 is 2.61 bits per heavy atom. The molecule has 1 saturated carbocycles. The predicted molar refractivity (Wildman–Crippen MR) is 131 cm³/mol. The minimum atomic E-state index is -0.276. The molecule has 0 bridgehead atoms. The molecule has 1 aromatic heterocycles. The SMILES string of the molecule is C=CC(=O)Nc1cccc2ccc(-c3nccc(C(=O)N[C@H]4CC[C@H](N(C)C)CC4)n3)cc12. The van der Waals surface area contributed by atoms with Crippen LogP contribution in [0.25, 0.3) is 22.2 Å². The van der Waals surface area contributed by atoms with Crippen molar-refractivity contribution in [3.05, 3.63) is 67.0 Å². The second-order valence-electron chi connectivity index (χ2n) is 8.64. The van der Waals surface area contributed by atoms with Gasteiger partial charge in [0.2, 0.25) is 5.91 Å². The lowest BCUT2D eigenvalue weighted by Gasteiger charge is -2.32. The maximum Gasteiger partial charge on any atom is 0.270 e. The van der Waals surface area contributed by atoms with Crippen LogP contribution in [0.4, 0.5) is 5.69 Å². The number of anilines is 1. The molecule has 0 radical (unpaired) electrons. The molecule has 0 saturated heterocycles. The minimum absolute atomic E-state index is 0.170. The third-order valence-corrected chi connectivity index (χ3v) is 6.23. The van der Waals surface area contributed by atoms with Crippen LogP contribution in [-0.4, -0.2) is 52.9 Å². The molecule has 2 N–H and O–H groups in total. The van der Waals surface area contributed by atoms with Gasteiger partial charge in [0.25, 0.3) is 5.91 Å². The molecule has 0 spiro atoms. The Hall–Kier alpha value is -3.58. The topological polar surface area (TPSA) is 87.2 Å². The van der Waals surface area contributed by atoms with Crippen molar-refractivity contribution in [2.45, 2.75) is 37.8 Å². The van der Waals surface area contributed by atoms with Crippen LogP contribution in [0.5, 0.6) is 0 Å². The summed E-state index contributed by atoms with van der Waals surface area (Å²) in [5, 5.41) is 7.81. The van der Waals surface area contributed by atoms with Crippen LogP contribution in [0.3, 0.4) is 0 Å². The van der Waals surface area contributed by atoms with E-state index in [1.54, 1.807) is 12.3 Å². The Morgan fingerprint density at radius 2 is 1.88 bits per heavy atom. The summed E-state index contributed by atoms with van der Waals surface area (Å²) in [7, 11) is 4.21. The normalized spacial score (nSPS) is 18.2. The quantitative estimate of drug-likeness (QED) is 0.562. The van der Waals surface area contributed by atoms with Crippen LogP contribution in [0.1, 0.15) is 36.2 Å². The van der Waals surface area contributed by atoms with Crippen LogP contribution >= 0.6 is 0 Å². The molecular weight excluding hydrogens is 414 g/mol. The molecule has 2 aromatic carbocycles. The summed E-state index contributed by atoms with van der Waals surface area (Å²) in [5.74, 6) is 0.0137. The molecule has 33 heavy (non-hydrogen) atoms. The van der Waals surface area contributed by atoms with Crippen molar-refractivity contribution in [3.8, 4) is 11.4 Å². The van der Waals surface area contributed by atoms with E-state index in [0.29, 0.717) is 23.2 Å². The molecule has 1 aliphatic rings. The molecule has 7 nitrogen and oxygen atoms in total. The first-order valence-corrected chi connectivity index (χ1v) is 11.2. The van der Waals surface area contributed by atoms with Gasteiger partial charge in [0.05, 0.1) is 0 Å². The zero-order valence-corrected chi connectivity index (χ0v) is 19.0. The molecule has 170 valence electrons. The highest BCUT2D eigenvalue weighted by Gasteiger charge is 2.24. The van der Waals surface area contributed by atoms with E-state index >= 15 is 0 Å². The predicted octanol–water partition coefficient (Wildman–Crippen LogP) is 4.02. The van der Waals surface area contributed by atoms with Crippen molar-refractivity contribution in [1.82, 2.24) is 20.2 Å². The van der Waals surface area contributed by atoms with Crippen LogP contribution in [0.2, 0.25) is 0 Å². The van der Waals surface area contributed by atoms with Gasteiger partial charge in [-0.25, -0.2) is 9.97 Å². The first kappa shape index (κ1) is 22.6. The van der Waals surface area contributed by atoms with E-state index in [4.69, 9.17) is 0 Å². The third-order valence-electron chi connectivity index (χ3n) is 6.23. The van der Waals surface area contributed by atoms with E-state index in [1.807, 2.05) is 36.4 Å². The first-order chi connectivity index (χ1) is 15.9. The van der Waals surface area contributed by atoms with Gasteiger partial charge >= 0.3 is 0 Å². The smallest absolute Gasteiger partial charge is 0.270 e. The number of carbonyl (C=O) groups is 2. The summed E-state index contributed by atoms with van der Waals surface area (Å²) >= 11 is 0. The van der Waals surface area contributed by atoms with Gasteiger partial charge in [0.15, 0.2) is 5.82 Å². The van der Waals surface area contributed by atoms with Gasteiger partial charge in [-0.05, 0) is 69.4 Å². The van der Waals surface area contributed by atoms with Crippen LogP contribution in [-0.2, 0) is 4.79 Å². The first-order valence-electron chi connectivity index (χ1n) is 11.2. The van der Waals surface area contributed by atoms with E-state index in [0.717, 1.165) is 42.0 Å². The van der Waals surface area contributed by atoms with Crippen molar-refractivity contribution in [3.63, 3.8) is 0 Å². The third kappa shape index (κ3) is 5.26. The molecule has 7 heteroatoms. The Kier molecular flexibility index (Phi) is 6.79. The van der Waals surface area contributed by atoms with Crippen molar-refractivity contribution in [2.24, 2.45) is 0 Å². The molecule has 0 aliphatic heterocycles. The van der Waals surface area contributed by atoms with E-state index in [9.17, 15) is 9.59 Å². The lowest BCUT2D eigenvalue weighted by Crippen LogP contribution is -2.42. The molecule has 4 rings (SSSR count). The van der Waals surface area contributed by atoms with E-state index in [1.165, 1.54) is 6.08 Å². The molecule has 3 aromatic rings. The van der Waals surface area contributed by atoms with Gasteiger partial charge in [-0.15, -0.1) is 0 Å². The highest BCUT2D eigenvalue weighted by molar-refractivity contribution is 6.06. The summed E-state index contributed by atoms with van der Waals surface area (Å²) < 4.78 is 0. The van der Waals surface area contributed by atoms with Gasteiger partial charge in [0.1, 0.15) is 5.69 Å². The molecule has 2 amide bonds. The van der Waals surface area contributed by atoms with E-state index in [2.05, 4.69) is 46.2 Å². The number of aromatic nitrogens is 2. The molecule has 0 atom stereocenters. The van der Waals surface area contributed by atoms with E-state index in [-0.39, 0.29) is 17.9 Å². The summed E-state index contributed by atoms with van der Waals surface area (Å²) in [6, 6.07) is 13.9. The number of nitrogens with zero attached hydrogens (tertiary/aromatic N) is 3. The number of carbonyl (C=O) groups excluding carboxylic acids is 2. The number of rotatable bonds is 6.